The van der Waals surface area contributed by atoms with Gasteiger partial charge in [0, 0.05) is 43.0 Å². The fraction of sp³-hybridized carbons (Fsp3) is 0.257. The molecule has 0 radical (unpaired) electrons. The van der Waals surface area contributed by atoms with Gasteiger partial charge >= 0.3 is 0 Å². The van der Waals surface area contributed by atoms with Crippen molar-refractivity contribution in [1.29, 1.82) is 0 Å². The molecule has 2 atom stereocenters. The van der Waals surface area contributed by atoms with E-state index in [1.807, 2.05) is 11.3 Å². The summed E-state index contributed by atoms with van der Waals surface area (Å²) in [5.74, 6) is 0. The van der Waals surface area contributed by atoms with Gasteiger partial charge in [-0.2, -0.15) is 0 Å². The lowest BCUT2D eigenvalue weighted by Gasteiger charge is -2.52. The maximum Gasteiger partial charge on any atom is 0.264 e. The quantitative estimate of drug-likeness (QED) is 0.206. The molecular weight excluding hydrogens is 491 g/mol. The lowest BCUT2D eigenvalue weighted by atomic mass is 9.36. The van der Waals surface area contributed by atoms with Crippen molar-refractivity contribution in [1.82, 2.24) is 0 Å². The zero-order valence-electron chi connectivity index (χ0n) is 22.8. The van der Waals surface area contributed by atoms with Crippen LogP contribution >= 0.6 is 11.3 Å². The maximum atomic E-state index is 2.82. The van der Waals surface area contributed by atoms with Crippen molar-refractivity contribution in [2.75, 3.05) is 9.80 Å². The van der Waals surface area contributed by atoms with Gasteiger partial charge in [-0.1, -0.05) is 74.4 Å². The van der Waals surface area contributed by atoms with Gasteiger partial charge in [0.15, 0.2) is 0 Å². The van der Waals surface area contributed by atoms with E-state index in [0.29, 0.717) is 0 Å². The van der Waals surface area contributed by atoms with Crippen molar-refractivity contribution in [2.45, 2.75) is 57.4 Å². The monoisotopic (exact) mass is 522 g/mol. The van der Waals surface area contributed by atoms with E-state index >= 15 is 0 Å². The number of fused-ring (bicyclic) bond motifs is 9. The maximum absolute atomic E-state index is 2.82. The molecule has 0 bridgehead atoms. The molecular formula is C35H31BN2S. The Kier molecular flexibility index (Phi) is 4.22. The minimum Gasteiger partial charge on any atom is -0.335 e. The van der Waals surface area contributed by atoms with Gasteiger partial charge in [0.2, 0.25) is 0 Å². The lowest BCUT2D eigenvalue weighted by Crippen LogP contribution is -2.64. The Morgan fingerprint density at radius 2 is 1.56 bits per heavy atom. The SMILES string of the molecule is Cc1cc2c3c(c1)N1c4c(cccc4C4(C)CCCCC14C)B3c1sc3ccccc3c1N2c1ccccc1. The lowest BCUT2D eigenvalue weighted by molar-refractivity contribution is 0.195. The van der Waals surface area contributed by atoms with Crippen LogP contribution in [0.4, 0.5) is 28.4 Å². The highest BCUT2D eigenvalue weighted by atomic mass is 32.1. The summed E-state index contributed by atoms with van der Waals surface area (Å²) in [6, 6.07) is 32.2. The number of aryl methyl sites for hydroxylation is 1. The largest absolute Gasteiger partial charge is 0.335 e. The molecule has 4 heteroatoms. The average molecular weight is 523 g/mol. The van der Waals surface area contributed by atoms with Gasteiger partial charge in [0.1, 0.15) is 0 Å². The molecule has 190 valence electrons. The van der Waals surface area contributed by atoms with Crippen molar-refractivity contribution in [2.24, 2.45) is 0 Å². The molecule has 0 saturated heterocycles. The number of hydrogen-bond acceptors (Lipinski definition) is 3. The molecule has 2 unspecified atom stereocenters. The first-order valence-electron chi connectivity index (χ1n) is 14.5. The highest BCUT2D eigenvalue weighted by molar-refractivity contribution is 7.33. The summed E-state index contributed by atoms with van der Waals surface area (Å²) in [4.78, 5) is 5.39. The molecule has 1 aliphatic carbocycles. The third-order valence-electron chi connectivity index (χ3n) is 10.6. The minimum atomic E-state index is 0.0776. The molecule has 4 aromatic carbocycles. The number of anilines is 5. The number of benzene rings is 4. The molecule has 0 spiro atoms. The minimum absolute atomic E-state index is 0.0776. The van der Waals surface area contributed by atoms with Crippen molar-refractivity contribution in [3.05, 3.63) is 96.1 Å². The second-order valence-electron chi connectivity index (χ2n) is 12.5. The van der Waals surface area contributed by atoms with E-state index in [4.69, 9.17) is 0 Å². The molecule has 1 fully saturated rings. The van der Waals surface area contributed by atoms with Crippen LogP contribution in [0.3, 0.4) is 0 Å². The Balaban J connectivity index is 1.45. The van der Waals surface area contributed by atoms with E-state index in [1.165, 1.54) is 85.5 Å². The fourth-order valence-electron chi connectivity index (χ4n) is 8.69. The zero-order chi connectivity index (χ0) is 26.1. The molecule has 4 heterocycles. The van der Waals surface area contributed by atoms with Gasteiger partial charge in [0.25, 0.3) is 6.71 Å². The molecule has 1 saturated carbocycles. The van der Waals surface area contributed by atoms with Crippen LogP contribution in [0.25, 0.3) is 10.1 Å². The van der Waals surface area contributed by atoms with Crippen molar-refractivity contribution in [3.8, 4) is 0 Å². The van der Waals surface area contributed by atoms with Crippen LogP contribution in [0.1, 0.15) is 50.7 Å². The van der Waals surface area contributed by atoms with E-state index in [0.717, 1.165) is 0 Å². The summed E-state index contributed by atoms with van der Waals surface area (Å²) >= 11 is 2.00. The summed E-state index contributed by atoms with van der Waals surface area (Å²) in [5, 5.41) is 1.36. The Labute approximate surface area is 235 Å². The van der Waals surface area contributed by atoms with E-state index in [9.17, 15) is 0 Å². The summed E-state index contributed by atoms with van der Waals surface area (Å²) in [6.07, 6.45) is 5.13. The van der Waals surface area contributed by atoms with E-state index in [1.54, 1.807) is 5.56 Å². The normalized spacial score (nSPS) is 23.9. The predicted molar refractivity (Wildman–Crippen MR) is 169 cm³/mol. The van der Waals surface area contributed by atoms with Crippen LogP contribution in [0.2, 0.25) is 0 Å². The van der Waals surface area contributed by atoms with Crippen molar-refractivity contribution >= 4 is 72.3 Å². The van der Waals surface area contributed by atoms with Crippen LogP contribution in [-0.4, -0.2) is 12.3 Å². The summed E-state index contributed by atoms with van der Waals surface area (Å²) in [6.45, 7) is 7.66. The zero-order valence-corrected chi connectivity index (χ0v) is 23.6. The van der Waals surface area contributed by atoms with Gasteiger partial charge in [-0.25, -0.2) is 0 Å². The van der Waals surface area contributed by atoms with Crippen LogP contribution in [0.5, 0.6) is 0 Å². The van der Waals surface area contributed by atoms with E-state index < -0.39 is 0 Å². The van der Waals surface area contributed by atoms with Gasteiger partial charge in [-0.3, -0.25) is 0 Å². The van der Waals surface area contributed by atoms with Gasteiger partial charge < -0.3 is 9.80 Å². The van der Waals surface area contributed by atoms with Crippen LogP contribution in [0.15, 0.2) is 84.9 Å². The third-order valence-corrected chi connectivity index (χ3v) is 11.8. The Hall–Kier alpha value is -3.50. The molecule has 39 heavy (non-hydrogen) atoms. The van der Waals surface area contributed by atoms with Crippen molar-refractivity contribution < 1.29 is 0 Å². The predicted octanol–water partition coefficient (Wildman–Crippen LogP) is 7.56. The molecule has 9 rings (SSSR count). The average Bonchev–Trinajstić information content (AvgIpc) is 3.43. The Morgan fingerprint density at radius 3 is 2.44 bits per heavy atom. The topological polar surface area (TPSA) is 6.48 Å². The van der Waals surface area contributed by atoms with Crippen LogP contribution in [-0.2, 0) is 5.41 Å². The number of nitrogens with zero attached hydrogens (tertiary/aromatic N) is 2. The van der Waals surface area contributed by atoms with E-state index in [2.05, 4.69) is 116 Å². The summed E-state index contributed by atoms with van der Waals surface area (Å²) in [5.41, 5.74) is 13.0. The number of rotatable bonds is 1. The smallest absolute Gasteiger partial charge is 0.264 e. The first-order chi connectivity index (χ1) is 19.0. The highest BCUT2D eigenvalue weighted by Gasteiger charge is 2.61. The van der Waals surface area contributed by atoms with Gasteiger partial charge in [0.05, 0.1) is 11.2 Å². The second kappa shape index (κ2) is 7.37. The Bertz CT molecular complexity index is 1840. The highest BCUT2D eigenvalue weighted by Crippen LogP contribution is 2.61. The number of para-hydroxylation sites is 2. The number of thiophene rings is 1. The molecule has 4 aliphatic rings. The van der Waals surface area contributed by atoms with E-state index in [-0.39, 0.29) is 17.7 Å². The van der Waals surface area contributed by atoms with Crippen molar-refractivity contribution in [3.63, 3.8) is 0 Å². The summed E-state index contributed by atoms with van der Waals surface area (Å²) in [7, 11) is 0. The number of hydrogen-bond donors (Lipinski definition) is 0. The molecule has 5 aromatic rings. The summed E-state index contributed by atoms with van der Waals surface area (Å²) < 4.78 is 2.85. The first-order valence-corrected chi connectivity index (χ1v) is 15.3. The molecule has 2 nitrogen and oxygen atoms in total. The molecule has 1 aromatic heterocycles. The first kappa shape index (κ1) is 22.3. The van der Waals surface area contributed by atoms with Gasteiger partial charge in [-0.05, 0) is 79.1 Å². The third kappa shape index (κ3) is 2.55. The standard InChI is InChI=1S/C35H31BN2S/c1-22-20-27-30-28(21-22)38-32-25(34(2)18-9-10-19-35(34,38)3)15-11-16-26(32)36(30)33-31(24-14-7-8-17-29(24)39-33)37(27)23-12-5-4-6-13-23/h4-8,11-17,20-21H,9-10,18-19H2,1-3H3. The second-order valence-corrected chi connectivity index (χ2v) is 13.6. The Morgan fingerprint density at radius 1 is 0.795 bits per heavy atom. The fourth-order valence-corrected chi connectivity index (χ4v) is 10.0. The van der Waals surface area contributed by atoms with Crippen LogP contribution in [0, 0.1) is 6.92 Å². The molecule has 0 N–H and O–H groups in total. The molecule has 3 aliphatic heterocycles. The molecule has 0 amide bonds. The van der Waals surface area contributed by atoms with Crippen LogP contribution < -0.4 is 25.5 Å². The van der Waals surface area contributed by atoms with Gasteiger partial charge in [-0.15, -0.1) is 11.3 Å².